The number of carboxylic acids is 1. The third kappa shape index (κ3) is 4.73. The Kier molecular flexibility index (Phi) is 6.30. The first-order chi connectivity index (χ1) is 16.7. The number of rotatable bonds is 6. The summed E-state index contributed by atoms with van der Waals surface area (Å²) in [4.78, 5) is 36.0. The summed E-state index contributed by atoms with van der Waals surface area (Å²) in [6, 6.07) is 17.2. The number of methoxy groups -OCH3 is 1. The predicted molar refractivity (Wildman–Crippen MR) is 125 cm³/mol. The number of esters is 1. The van der Waals surface area contributed by atoms with Crippen molar-refractivity contribution >= 4 is 39.1 Å². The number of ketones is 1. The largest absolute Gasteiger partial charge is 0.545 e. The van der Waals surface area contributed by atoms with Crippen LogP contribution in [0.25, 0.3) is 0 Å². The van der Waals surface area contributed by atoms with Gasteiger partial charge in [-0.25, -0.2) is 4.79 Å². The van der Waals surface area contributed by atoms with E-state index in [1.54, 1.807) is 36.4 Å². The lowest BCUT2D eigenvalue weighted by molar-refractivity contribution is -0.255. The van der Waals surface area contributed by atoms with E-state index in [0.717, 1.165) is 24.3 Å². The molecule has 1 aliphatic carbocycles. The van der Waals surface area contributed by atoms with Gasteiger partial charge < -0.3 is 20.0 Å². The van der Waals surface area contributed by atoms with Crippen LogP contribution in [0, 0.1) is 0 Å². The number of para-hydroxylation sites is 1. The Bertz CT molecular complexity index is 1520. The molecule has 0 atom stereocenters. The second kappa shape index (κ2) is 9.35. The van der Waals surface area contributed by atoms with Gasteiger partial charge >= 0.3 is 5.97 Å². The third-order valence-corrected chi connectivity index (χ3v) is 6.49. The zero-order chi connectivity index (χ0) is 25.2. The molecule has 0 radical (unpaired) electrons. The number of hydrogen-bond acceptors (Lipinski definition) is 8. The molecule has 0 heterocycles. The van der Waals surface area contributed by atoms with Crippen molar-refractivity contribution in [1.29, 1.82) is 0 Å². The normalized spacial score (nSPS) is 14.1. The molecular formula is C25H17N2O7S-. The summed E-state index contributed by atoms with van der Waals surface area (Å²) in [5.41, 5.74) is 0.804. The van der Waals surface area contributed by atoms with Gasteiger partial charge in [-0.1, -0.05) is 48.5 Å². The molecule has 1 aliphatic rings. The average Bonchev–Trinajstić information content (AvgIpc) is 2.86. The van der Waals surface area contributed by atoms with Crippen molar-refractivity contribution < 1.29 is 32.6 Å². The van der Waals surface area contributed by atoms with Gasteiger partial charge in [0.1, 0.15) is 0 Å². The van der Waals surface area contributed by atoms with Gasteiger partial charge in [-0.15, -0.1) is 0 Å². The van der Waals surface area contributed by atoms with Gasteiger partial charge in [0.25, 0.3) is 10.0 Å². The van der Waals surface area contributed by atoms with Gasteiger partial charge in [0, 0.05) is 11.1 Å². The first-order valence-electron chi connectivity index (χ1n) is 10.2. The molecule has 0 saturated heterocycles. The Balaban J connectivity index is 1.80. The first kappa shape index (κ1) is 23.6. The molecule has 0 aromatic heterocycles. The topological polar surface area (TPSA) is 142 Å². The second-order valence-corrected chi connectivity index (χ2v) is 8.96. The molecule has 0 bridgehead atoms. The third-order valence-electron chi connectivity index (χ3n) is 5.18. The highest BCUT2D eigenvalue weighted by Crippen LogP contribution is 2.26. The SMILES string of the molecule is COC(=O)c1ccccc1NC1=CC(=NS(=O)(=O)c2ccc(C(=O)[O-])cc2)c2ccccc2C1=O. The van der Waals surface area contributed by atoms with Crippen molar-refractivity contribution in [2.24, 2.45) is 4.40 Å². The summed E-state index contributed by atoms with van der Waals surface area (Å²) in [7, 11) is -3.04. The van der Waals surface area contributed by atoms with Crippen molar-refractivity contribution in [1.82, 2.24) is 0 Å². The van der Waals surface area contributed by atoms with Crippen LogP contribution in [0.2, 0.25) is 0 Å². The summed E-state index contributed by atoms with van der Waals surface area (Å²) in [6.45, 7) is 0. The fourth-order valence-corrected chi connectivity index (χ4v) is 4.46. The van der Waals surface area contributed by atoms with Crippen LogP contribution in [-0.2, 0) is 14.8 Å². The Labute approximate surface area is 200 Å². The number of allylic oxidation sites excluding steroid dienone is 2. The number of carbonyl (C=O) groups excluding carboxylic acids is 3. The highest BCUT2D eigenvalue weighted by molar-refractivity contribution is 7.90. The molecule has 0 unspecified atom stereocenters. The van der Waals surface area contributed by atoms with Crippen LogP contribution in [0.1, 0.15) is 36.6 Å². The van der Waals surface area contributed by atoms with Gasteiger partial charge in [0.2, 0.25) is 5.78 Å². The van der Waals surface area contributed by atoms with Crippen molar-refractivity contribution in [3.05, 3.63) is 107 Å². The lowest BCUT2D eigenvalue weighted by atomic mass is 9.92. The number of fused-ring (bicyclic) bond motifs is 1. The minimum atomic E-state index is -4.27. The summed E-state index contributed by atoms with van der Waals surface area (Å²) < 4.78 is 34.6. The fraction of sp³-hybridized carbons (Fsp3) is 0.0400. The van der Waals surface area contributed by atoms with Crippen LogP contribution in [0.4, 0.5) is 5.69 Å². The highest BCUT2D eigenvalue weighted by Gasteiger charge is 2.27. The molecule has 0 saturated carbocycles. The number of ether oxygens (including phenoxy) is 1. The van der Waals surface area contributed by atoms with E-state index in [-0.39, 0.29) is 33.0 Å². The molecule has 3 aromatic rings. The summed E-state index contributed by atoms with van der Waals surface area (Å²) in [6.07, 6.45) is 1.28. The number of Topliss-reactive ketones (excluding diaryl/α,β-unsaturated/α-hetero) is 1. The van der Waals surface area contributed by atoms with Crippen LogP contribution in [0.15, 0.2) is 93.9 Å². The molecule has 0 fully saturated rings. The Morgan fingerprint density at radius 1 is 0.914 bits per heavy atom. The first-order valence-corrected chi connectivity index (χ1v) is 11.6. The highest BCUT2D eigenvalue weighted by atomic mass is 32.2. The fourth-order valence-electron chi connectivity index (χ4n) is 3.47. The van der Waals surface area contributed by atoms with Crippen molar-refractivity contribution in [3.63, 3.8) is 0 Å². The van der Waals surface area contributed by atoms with Crippen LogP contribution < -0.4 is 10.4 Å². The van der Waals surface area contributed by atoms with E-state index in [1.165, 1.54) is 25.3 Å². The average molecular weight is 489 g/mol. The van der Waals surface area contributed by atoms with Gasteiger partial charge in [-0.2, -0.15) is 12.8 Å². The maximum absolute atomic E-state index is 13.1. The molecule has 3 aromatic carbocycles. The van der Waals surface area contributed by atoms with Crippen LogP contribution in [0.3, 0.4) is 0 Å². The Morgan fingerprint density at radius 2 is 1.54 bits per heavy atom. The number of sulfonamides is 1. The maximum Gasteiger partial charge on any atom is 0.339 e. The molecule has 176 valence electrons. The predicted octanol–water partition coefficient (Wildman–Crippen LogP) is 2.21. The number of nitrogens with one attached hydrogen (secondary N) is 1. The van der Waals surface area contributed by atoms with Crippen molar-refractivity contribution in [3.8, 4) is 0 Å². The molecular weight excluding hydrogens is 472 g/mol. The number of hydrogen-bond donors (Lipinski definition) is 1. The zero-order valence-electron chi connectivity index (χ0n) is 18.2. The quantitative estimate of drug-likeness (QED) is 0.520. The summed E-state index contributed by atoms with van der Waals surface area (Å²) >= 11 is 0. The summed E-state index contributed by atoms with van der Waals surface area (Å²) in [5, 5.41) is 13.8. The zero-order valence-corrected chi connectivity index (χ0v) is 19.0. The molecule has 35 heavy (non-hydrogen) atoms. The Morgan fingerprint density at radius 3 is 2.20 bits per heavy atom. The van der Waals surface area contributed by atoms with Crippen molar-refractivity contribution in [2.45, 2.75) is 4.90 Å². The molecule has 0 aliphatic heterocycles. The number of benzene rings is 3. The van der Waals surface area contributed by atoms with Crippen LogP contribution >= 0.6 is 0 Å². The minimum absolute atomic E-state index is 0.00121. The van der Waals surface area contributed by atoms with E-state index in [1.807, 2.05) is 0 Å². The van der Waals surface area contributed by atoms with E-state index in [4.69, 9.17) is 4.74 Å². The van der Waals surface area contributed by atoms with Gasteiger partial charge in [-0.3, -0.25) is 4.79 Å². The lowest BCUT2D eigenvalue weighted by Gasteiger charge is -2.19. The number of carbonyl (C=O) groups is 3. The monoisotopic (exact) mass is 489 g/mol. The van der Waals surface area contributed by atoms with Crippen LogP contribution in [0.5, 0.6) is 0 Å². The lowest BCUT2D eigenvalue weighted by Crippen LogP contribution is -2.23. The number of carboxylic acid groups (broad SMARTS) is 1. The van der Waals surface area contributed by atoms with Crippen LogP contribution in [-0.4, -0.2) is 39.0 Å². The minimum Gasteiger partial charge on any atom is -0.545 e. The van der Waals surface area contributed by atoms with Gasteiger partial charge in [-0.05, 0) is 35.9 Å². The van der Waals surface area contributed by atoms with Crippen molar-refractivity contribution in [2.75, 3.05) is 12.4 Å². The molecule has 10 heteroatoms. The number of nitrogens with zero attached hydrogens (tertiary/aromatic N) is 1. The molecule has 9 nitrogen and oxygen atoms in total. The Hall–Kier alpha value is -4.57. The van der Waals surface area contributed by atoms with E-state index < -0.39 is 27.7 Å². The molecule has 1 N–H and O–H groups in total. The van der Waals surface area contributed by atoms with E-state index in [0.29, 0.717) is 11.3 Å². The number of aromatic carboxylic acids is 1. The van der Waals surface area contributed by atoms with E-state index in [9.17, 15) is 27.9 Å². The van der Waals surface area contributed by atoms with E-state index >= 15 is 0 Å². The molecule has 0 amide bonds. The maximum atomic E-state index is 13.1. The standard InChI is InChI=1S/C25H18N2O7S/c1-34-25(31)19-8-4-5-9-20(19)26-22-14-21(17-6-2-3-7-18(17)23(22)28)27-35(32,33)16-12-10-15(11-13-16)24(29)30/h2-14,26H,1H3,(H,29,30)/p-1. The molecule has 0 spiro atoms. The second-order valence-electron chi connectivity index (χ2n) is 7.36. The molecule has 4 rings (SSSR count). The summed E-state index contributed by atoms with van der Waals surface area (Å²) in [5.74, 6) is -2.48. The van der Waals surface area contributed by atoms with E-state index in [2.05, 4.69) is 9.71 Å². The van der Waals surface area contributed by atoms with Gasteiger partial charge in [0.05, 0.1) is 40.6 Å². The van der Waals surface area contributed by atoms with Gasteiger partial charge in [0.15, 0.2) is 0 Å². The number of anilines is 1. The smallest absolute Gasteiger partial charge is 0.339 e.